The molecule has 1 aromatic rings. The molecule has 0 bridgehead atoms. The zero-order valence-electron chi connectivity index (χ0n) is 11.2. The van der Waals surface area contributed by atoms with Gasteiger partial charge in [0.1, 0.15) is 5.75 Å². The summed E-state index contributed by atoms with van der Waals surface area (Å²) in [6.45, 7) is 1.17. The average molecular weight is 233 g/mol. The van der Waals surface area contributed by atoms with Crippen LogP contribution >= 0.6 is 0 Å². The van der Waals surface area contributed by atoms with Gasteiger partial charge in [0.2, 0.25) is 0 Å². The number of methoxy groups -OCH3 is 1. The second-order valence-corrected chi connectivity index (χ2v) is 5.25. The molecule has 2 heteroatoms. The van der Waals surface area contributed by atoms with Gasteiger partial charge in [-0.05, 0) is 75.5 Å². The van der Waals surface area contributed by atoms with Gasteiger partial charge < -0.3 is 9.64 Å². The molecule has 1 aliphatic rings. The highest BCUT2D eigenvalue weighted by Crippen LogP contribution is 2.36. The van der Waals surface area contributed by atoms with E-state index in [0.717, 1.165) is 11.7 Å². The Labute approximate surface area is 105 Å². The molecule has 0 heterocycles. The summed E-state index contributed by atoms with van der Waals surface area (Å²) in [5.41, 5.74) is 3.05. The third-order valence-corrected chi connectivity index (χ3v) is 3.72. The topological polar surface area (TPSA) is 12.5 Å². The first kappa shape index (κ1) is 12.4. The van der Waals surface area contributed by atoms with Crippen LogP contribution in [0.5, 0.6) is 5.75 Å². The van der Waals surface area contributed by atoms with Gasteiger partial charge in [0.25, 0.3) is 0 Å². The minimum Gasteiger partial charge on any atom is -0.497 e. The minimum absolute atomic E-state index is 0.719. The summed E-state index contributed by atoms with van der Waals surface area (Å²) in [5.74, 6) is 1.72. The SMILES string of the molecule is COc1ccc2c(c1)[C@H](CCN(C)C)CCC2. The van der Waals surface area contributed by atoms with Crippen molar-refractivity contribution in [1.82, 2.24) is 4.90 Å². The van der Waals surface area contributed by atoms with Crippen LogP contribution in [0.4, 0.5) is 0 Å². The smallest absolute Gasteiger partial charge is 0.119 e. The lowest BCUT2D eigenvalue weighted by Gasteiger charge is -2.27. The summed E-state index contributed by atoms with van der Waals surface area (Å²) in [6, 6.07) is 6.58. The van der Waals surface area contributed by atoms with E-state index >= 15 is 0 Å². The number of benzene rings is 1. The van der Waals surface area contributed by atoms with Crippen LogP contribution in [-0.4, -0.2) is 32.6 Å². The molecule has 94 valence electrons. The lowest BCUT2D eigenvalue weighted by molar-refractivity contribution is 0.366. The molecular weight excluding hydrogens is 210 g/mol. The van der Waals surface area contributed by atoms with Crippen LogP contribution in [0.2, 0.25) is 0 Å². The van der Waals surface area contributed by atoms with Crippen molar-refractivity contribution in [2.45, 2.75) is 31.6 Å². The number of hydrogen-bond acceptors (Lipinski definition) is 2. The summed E-state index contributed by atoms with van der Waals surface area (Å²) in [5, 5.41) is 0. The van der Waals surface area contributed by atoms with Crippen molar-refractivity contribution in [1.29, 1.82) is 0 Å². The highest BCUT2D eigenvalue weighted by atomic mass is 16.5. The van der Waals surface area contributed by atoms with Gasteiger partial charge in [-0.15, -0.1) is 0 Å². The Bertz CT molecular complexity index is 373. The molecular formula is C15H23NO. The van der Waals surface area contributed by atoms with Crippen molar-refractivity contribution < 1.29 is 4.74 Å². The molecule has 0 saturated heterocycles. The molecule has 17 heavy (non-hydrogen) atoms. The molecule has 1 aliphatic carbocycles. The fourth-order valence-electron chi connectivity index (χ4n) is 2.72. The Balaban J connectivity index is 2.16. The normalized spacial score (nSPS) is 19.2. The molecule has 0 amide bonds. The Kier molecular flexibility index (Phi) is 4.06. The predicted molar refractivity (Wildman–Crippen MR) is 71.8 cm³/mol. The molecule has 0 unspecified atom stereocenters. The van der Waals surface area contributed by atoms with Crippen molar-refractivity contribution in [2.24, 2.45) is 0 Å². The molecule has 0 radical (unpaired) electrons. The first-order valence-corrected chi connectivity index (χ1v) is 6.52. The first-order valence-electron chi connectivity index (χ1n) is 6.52. The van der Waals surface area contributed by atoms with Gasteiger partial charge in [-0.25, -0.2) is 0 Å². The van der Waals surface area contributed by atoms with E-state index in [1.165, 1.54) is 43.4 Å². The fraction of sp³-hybridized carbons (Fsp3) is 0.600. The molecule has 0 aliphatic heterocycles. The van der Waals surface area contributed by atoms with Gasteiger partial charge in [-0.1, -0.05) is 6.07 Å². The van der Waals surface area contributed by atoms with Crippen molar-refractivity contribution in [3.05, 3.63) is 29.3 Å². The van der Waals surface area contributed by atoms with Crippen LogP contribution in [0.3, 0.4) is 0 Å². The second kappa shape index (κ2) is 5.54. The summed E-state index contributed by atoms with van der Waals surface area (Å²) >= 11 is 0. The van der Waals surface area contributed by atoms with E-state index < -0.39 is 0 Å². The van der Waals surface area contributed by atoms with E-state index in [1.54, 1.807) is 7.11 Å². The second-order valence-electron chi connectivity index (χ2n) is 5.25. The Morgan fingerprint density at radius 3 is 2.88 bits per heavy atom. The molecule has 0 fully saturated rings. The highest BCUT2D eigenvalue weighted by molar-refractivity contribution is 5.39. The number of nitrogens with zero attached hydrogens (tertiary/aromatic N) is 1. The fourth-order valence-corrected chi connectivity index (χ4v) is 2.72. The maximum Gasteiger partial charge on any atom is 0.119 e. The number of fused-ring (bicyclic) bond motifs is 1. The highest BCUT2D eigenvalue weighted by Gasteiger charge is 2.20. The zero-order valence-corrected chi connectivity index (χ0v) is 11.2. The largest absolute Gasteiger partial charge is 0.497 e. The number of rotatable bonds is 4. The standard InChI is InChI=1S/C15H23NO/c1-16(2)10-9-13-6-4-5-12-7-8-14(17-3)11-15(12)13/h7-8,11,13H,4-6,9-10H2,1-3H3/t13-/m0/s1. The Morgan fingerprint density at radius 1 is 1.35 bits per heavy atom. The third kappa shape index (κ3) is 3.01. The van der Waals surface area contributed by atoms with Crippen molar-refractivity contribution in [3.63, 3.8) is 0 Å². The molecule has 1 atom stereocenters. The molecule has 0 aromatic heterocycles. The van der Waals surface area contributed by atoms with Crippen molar-refractivity contribution in [2.75, 3.05) is 27.7 Å². The van der Waals surface area contributed by atoms with E-state index in [4.69, 9.17) is 4.74 Å². The van der Waals surface area contributed by atoms with Crippen LogP contribution in [0.25, 0.3) is 0 Å². The summed E-state index contributed by atoms with van der Waals surface area (Å²) in [6.07, 6.45) is 5.15. The monoisotopic (exact) mass is 233 g/mol. The molecule has 2 rings (SSSR count). The summed E-state index contributed by atoms with van der Waals surface area (Å²) in [4.78, 5) is 2.27. The van der Waals surface area contributed by atoms with Crippen LogP contribution in [0.1, 0.15) is 36.3 Å². The maximum absolute atomic E-state index is 5.34. The van der Waals surface area contributed by atoms with Crippen molar-refractivity contribution >= 4 is 0 Å². The Hall–Kier alpha value is -1.02. The van der Waals surface area contributed by atoms with Crippen LogP contribution in [0.15, 0.2) is 18.2 Å². The summed E-state index contributed by atoms with van der Waals surface area (Å²) < 4.78 is 5.34. The van der Waals surface area contributed by atoms with Gasteiger partial charge in [-0.2, -0.15) is 0 Å². The van der Waals surface area contributed by atoms with Crippen molar-refractivity contribution in [3.8, 4) is 5.75 Å². The van der Waals surface area contributed by atoms with Gasteiger partial charge in [0.15, 0.2) is 0 Å². The maximum atomic E-state index is 5.34. The van der Waals surface area contributed by atoms with Gasteiger partial charge >= 0.3 is 0 Å². The van der Waals surface area contributed by atoms with E-state index in [2.05, 4.69) is 37.2 Å². The summed E-state index contributed by atoms with van der Waals surface area (Å²) in [7, 11) is 6.05. The van der Waals surface area contributed by atoms with Gasteiger partial charge in [0.05, 0.1) is 7.11 Å². The lowest BCUT2D eigenvalue weighted by Crippen LogP contribution is -2.18. The van der Waals surface area contributed by atoms with E-state index in [0.29, 0.717) is 0 Å². The number of ether oxygens (including phenoxy) is 1. The number of aryl methyl sites for hydroxylation is 1. The molecule has 0 spiro atoms. The molecule has 1 aromatic carbocycles. The van der Waals surface area contributed by atoms with Crippen LogP contribution in [-0.2, 0) is 6.42 Å². The van der Waals surface area contributed by atoms with E-state index in [-0.39, 0.29) is 0 Å². The average Bonchev–Trinajstić information content (AvgIpc) is 2.35. The third-order valence-electron chi connectivity index (χ3n) is 3.72. The quantitative estimate of drug-likeness (QED) is 0.792. The van der Waals surface area contributed by atoms with Gasteiger partial charge in [0, 0.05) is 0 Å². The lowest BCUT2D eigenvalue weighted by atomic mass is 9.81. The van der Waals surface area contributed by atoms with Crippen LogP contribution in [0, 0.1) is 0 Å². The van der Waals surface area contributed by atoms with E-state index in [9.17, 15) is 0 Å². The molecule has 0 N–H and O–H groups in total. The van der Waals surface area contributed by atoms with Gasteiger partial charge in [-0.3, -0.25) is 0 Å². The molecule has 2 nitrogen and oxygen atoms in total. The molecule has 0 saturated carbocycles. The van der Waals surface area contributed by atoms with E-state index in [1.807, 2.05) is 0 Å². The minimum atomic E-state index is 0.719. The number of hydrogen-bond donors (Lipinski definition) is 0. The Morgan fingerprint density at radius 2 is 2.18 bits per heavy atom. The first-order chi connectivity index (χ1) is 8.20. The van der Waals surface area contributed by atoms with Crippen LogP contribution < -0.4 is 4.74 Å². The predicted octanol–water partition coefficient (Wildman–Crippen LogP) is 3.07. The zero-order chi connectivity index (χ0) is 12.3.